The third-order valence-corrected chi connectivity index (χ3v) is 5.80. The number of rotatable bonds is 7. The van der Waals surface area contributed by atoms with Crippen molar-refractivity contribution in [2.75, 3.05) is 25.2 Å². The number of halogens is 1. The molecule has 0 aromatic heterocycles. The minimum atomic E-state index is -3.10. The van der Waals surface area contributed by atoms with Gasteiger partial charge >= 0.3 is 5.97 Å². The molecule has 1 amide bonds. The van der Waals surface area contributed by atoms with Crippen molar-refractivity contribution >= 4 is 33.3 Å². The normalized spacial score (nSPS) is 18.2. The van der Waals surface area contributed by atoms with Gasteiger partial charge in [0.2, 0.25) is 0 Å². The highest BCUT2D eigenvalue weighted by Gasteiger charge is 2.29. The van der Waals surface area contributed by atoms with Gasteiger partial charge in [-0.1, -0.05) is 11.6 Å². The maximum absolute atomic E-state index is 12.2. The molecule has 0 radical (unpaired) electrons. The van der Waals surface area contributed by atoms with Crippen molar-refractivity contribution in [2.45, 2.75) is 32.4 Å². The maximum Gasteiger partial charge on any atom is 0.338 e. The number of carbonyl (C=O) groups excluding carboxylic acids is 2. The van der Waals surface area contributed by atoms with Crippen LogP contribution in [-0.2, 0) is 19.4 Å². The Morgan fingerprint density at radius 2 is 2.04 bits per heavy atom. The summed E-state index contributed by atoms with van der Waals surface area (Å²) in [6.45, 7) is 3.12. The van der Waals surface area contributed by atoms with E-state index >= 15 is 0 Å². The predicted octanol–water partition coefficient (Wildman–Crippen LogP) is 1.60. The van der Waals surface area contributed by atoms with Crippen LogP contribution < -0.4 is 14.8 Å². The summed E-state index contributed by atoms with van der Waals surface area (Å²) in [7, 11) is -1.69. The molecule has 1 aliphatic rings. The second kappa shape index (κ2) is 8.79. The smallest absolute Gasteiger partial charge is 0.338 e. The molecule has 0 spiro atoms. The zero-order valence-electron chi connectivity index (χ0n) is 15.3. The van der Waals surface area contributed by atoms with Crippen molar-refractivity contribution in [2.24, 2.45) is 0 Å². The highest BCUT2D eigenvalue weighted by Crippen LogP contribution is 2.37. The monoisotopic (exact) mass is 419 g/mol. The average Bonchev–Trinajstić information content (AvgIpc) is 2.92. The van der Waals surface area contributed by atoms with Gasteiger partial charge in [0.1, 0.15) is 0 Å². The molecule has 1 atom stereocenters. The number of sulfone groups is 1. The Balaban J connectivity index is 1.97. The highest BCUT2D eigenvalue weighted by molar-refractivity contribution is 7.91. The third-order valence-electron chi connectivity index (χ3n) is 3.75. The number of carbonyl (C=O) groups is 2. The van der Waals surface area contributed by atoms with Crippen molar-refractivity contribution in [1.82, 2.24) is 5.32 Å². The maximum atomic E-state index is 12.2. The lowest BCUT2D eigenvalue weighted by molar-refractivity contribution is -0.124. The standard InChI is InChI=1S/C17H22ClNO7S/c1-10(2)26-16-13(18)6-11(7-14(16)24-3)17(21)25-8-15(20)19-12-4-5-27(22,23)9-12/h6-7,10,12H,4-5,8-9H2,1-3H3,(H,19,20)/t12-/m1/s1. The fourth-order valence-electron chi connectivity index (χ4n) is 2.58. The molecule has 150 valence electrons. The number of methoxy groups -OCH3 is 1. The van der Waals surface area contributed by atoms with Crippen LogP contribution in [0.25, 0.3) is 0 Å². The summed E-state index contributed by atoms with van der Waals surface area (Å²) in [5.41, 5.74) is 0.101. The van der Waals surface area contributed by atoms with E-state index in [0.717, 1.165) is 0 Å². The number of benzene rings is 1. The molecule has 10 heteroatoms. The first-order valence-corrected chi connectivity index (χ1v) is 10.5. The van der Waals surface area contributed by atoms with Crippen molar-refractivity contribution < 1.29 is 32.2 Å². The van der Waals surface area contributed by atoms with Crippen LogP contribution in [0.1, 0.15) is 30.6 Å². The average molecular weight is 420 g/mol. The molecule has 0 unspecified atom stereocenters. The van der Waals surface area contributed by atoms with E-state index in [1.807, 2.05) is 13.8 Å². The van der Waals surface area contributed by atoms with E-state index < -0.39 is 34.4 Å². The van der Waals surface area contributed by atoms with Crippen LogP contribution in [-0.4, -0.2) is 57.7 Å². The van der Waals surface area contributed by atoms with Crippen LogP contribution in [0.3, 0.4) is 0 Å². The van der Waals surface area contributed by atoms with E-state index in [1.54, 1.807) is 0 Å². The van der Waals surface area contributed by atoms with Gasteiger partial charge in [-0.3, -0.25) is 4.79 Å². The van der Waals surface area contributed by atoms with E-state index in [1.165, 1.54) is 19.2 Å². The molecule has 2 rings (SSSR count). The second-order valence-electron chi connectivity index (χ2n) is 6.40. The Bertz CT molecular complexity index is 823. The van der Waals surface area contributed by atoms with Gasteiger partial charge in [-0.05, 0) is 32.4 Å². The molecule has 1 aliphatic heterocycles. The summed E-state index contributed by atoms with van der Waals surface area (Å²) < 4.78 is 38.5. The molecule has 1 heterocycles. The van der Waals surface area contributed by atoms with E-state index in [-0.39, 0.29) is 33.9 Å². The lowest BCUT2D eigenvalue weighted by atomic mass is 10.2. The Morgan fingerprint density at radius 3 is 2.59 bits per heavy atom. The fourth-order valence-corrected chi connectivity index (χ4v) is 4.51. The van der Waals surface area contributed by atoms with Gasteiger partial charge in [0.25, 0.3) is 5.91 Å². The largest absolute Gasteiger partial charge is 0.493 e. The molecule has 0 bridgehead atoms. The quantitative estimate of drug-likeness (QED) is 0.668. The number of esters is 1. The number of hydrogen-bond acceptors (Lipinski definition) is 7. The first-order chi connectivity index (χ1) is 12.6. The topological polar surface area (TPSA) is 108 Å². The van der Waals surface area contributed by atoms with Gasteiger partial charge in [0.15, 0.2) is 27.9 Å². The molecule has 1 aromatic carbocycles. The van der Waals surface area contributed by atoms with Crippen LogP contribution in [0.5, 0.6) is 11.5 Å². The highest BCUT2D eigenvalue weighted by atomic mass is 35.5. The van der Waals surface area contributed by atoms with E-state index in [2.05, 4.69) is 5.32 Å². The number of nitrogens with one attached hydrogen (secondary N) is 1. The van der Waals surface area contributed by atoms with E-state index in [0.29, 0.717) is 12.2 Å². The lowest BCUT2D eigenvalue weighted by Crippen LogP contribution is -2.38. The lowest BCUT2D eigenvalue weighted by Gasteiger charge is -2.16. The van der Waals surface area contributed by atoms with Crippen molar-refractivity contribution in [3.63, 3.8) is 0 Å². The summed E-state index contributed by atoms with van der Waals surface area (Å²) in [5, 5.41) is 2.72. The zero-order chi connectivity index (χ0) is 20.2. The van der Waals surface area contributed by atoms with Crippen molar-refractivity contribution in [3.8, 4) is 11.5 Å². The van der Waals surface area contributed by atoms with Crippen molar-refractivity contribution in [3.05, 3.63) is 22.7 Å². The zero-order valence-corrected chi connectivity index (χ0v) is 16.9. The Kier molecular flexibility index (Phi) is 6.94. The fraction of sp³-hybridized carbons (Fsp3) is 0.529. The number of hydrogen-bond donors (Lipinski definition) is 1. The molecular formula is C17H22ClNO7S. The van der Waals surface area contributed by atoms with E-state index in [4.69, 9.17) is 25.8 Å². The number of ether oxygens (including phenoxy) is 3. The molecule has 1 N–H and O–H groups in total. The third kappa shape index (κ3) is 6.00. The summed E-state index contributed by atoms with van der Waals surface area (Å²) >= 11 is 6.16. The second-order valence-corrected chi connectivity index (χ2v) is 9.04. The molecule has 1 fully saturated rings. The Morgan fingerprint density at radius 1 is 1.33 bits per heavy atom. The van der Waals surface area contributed by atoms with Crippen LogP contribution in [0.15, 0.2) is 12.1 Å². The van der Waals surface area contributed by atoms with Crippen molar-refractivity contribution in [1.29, 1.82) is 0 Å². The summed E-state index contributed by atoms with van der Waals surface area (Å²) in [6.07, 6.45) is 0.212. The SMILES string of the molecule is COc1cc(C(=O)OCC(=O)N[C@@H]2CCS(=O)(=O)C2)cc(Cl)c1OC(C)C. The predicted molar refractivity (Wildman–Crippen MR) is 99.3 cm³/mol. The van der Waals surface area contributed by atoms with Crippen LogP contribution in [0.4, 0.5) is 0 Å². The first-order valence-electron chi connectivity index (χ1n) is 8.32. The summed E-state index contributed by atoms with van der Waals surface area (Å²) in [4.78, 5) is 24.0. The van der Waals surface area contributed by atoms with Crippen LogP contribution in [0, 0.1) is 0 Å². The van der Waals surface area contributed by atoms with Gasteiger partial charge in [0, 0.05) is 6.04 Å². The molecule has 1 aromatic rings. The first kappa shape index (κ1) is 21.3. The molecule has 27 heavy (non-hydrogen) atoms. The Labute approximate surface area is 163 Å². The van der Waals surface area contributed by atoms with Gasteiger partial charge in [-0.2, -0.15) is 0 Å². The van der Waals surface area contributed by atoms with Gasteiger partial charge in [-0.15, -0.1) is 0 Å². The molecular weight excluding hydrogens is 398 g/mol. The summed E-state index contributed by atoms with van der Waals surface area (Å²) in [6, 6.07) is 2.32. The van der Waals surface area contributed by atoms with Gasteiger partial charge in [-0.25, -0.2) is 13.2 Å². The molecule has 0 aliphatic carbocycles. The minimum Gasteiger partial charge on any atom is -0.493 e. The number of amides is 1. The van der Waals surface area contributed by atoms with E-state index in [9.17, 15) is 18.0 Å². The minimum absolute atomic E-state index is 0.0425. The molecule has 0 saturated carbocycles. The van der Waals surface area contributed by atoms with Crippen LogP contribution in [0.2, 0.25) is 5.02 Å². The molecule has 8 nitrogen and oxygen atoms in total. The summed E-state index contributed by atoms with van der Waals surface area (Å²) in [5.74, 6) is -0.809. The van der Waals surface area contributed by atoms with Gasteiger partial charge < -0.3 is 19.5 Å². The van der Waals surface area contributed by atoms with Gasteiger partial charge in [0.05, 0.1) is 35.3 Å². The molecule has 1 saturated heterocycles. The van der Waals surface area contributed by atoms with Crippen LogP contribution >= 0.6 is 11.6 Å². The Hall–Kier alpha value is -2.00.